The van der Waals surface area contributed by atoms with Crippen molar-refractivity contribution < 1.29 is 0 Å². The first kappa shape index (κ1) is 11.9. The topological polar surface area (TPSA) is 0 Å². The largest absolute Gasteiger partial charge is 0.104 e. The monoisotopic (exact) mass is 270 g/mol. The Morgan fingerprint density at radius 2 is 0.417 bits per heavy atom. The average Bonchev–Trinajstić information content (AvgIpc) is 2.08. The van der Waals surface area contributed by atoms with E-state index in [1.165, 1.54) is 31.8 Å². The molecule has 1 aromatic rings. The van der Waals surface area contributed by atoms with Crippen molar-refractivity contribution >= 4 is 87.3 Å². The third kappa shape index (κ3) is 2.07. The summed E-state index contributed by atoms with van der Waals surface area (Å²) in [7, 11) is 16.5. The van der Waals surface area contributed by atoms with E-state index in [4.69, 9.17) is 0 Å². The van der Waals surface area contributed by atoms with Gasteiger partial charge in [0.1, 0.15) is 0 Å². The molecule has 0 aliphatic carbocycles. The Bertz CT molecular complexity index is 226. The molecule has 0 radical (unpaired) electrons. The van der Waals surface area contributed by atoms with Crippen LogP contribution in [0.4, 0.5) is 0 Å². The molecule has 0 saturated heterocycles. The minimum Gasteiger partial charge on any atom is -0.104 e. The van der Waals surface area contributed by atoms with Gasteiger partial charge in [-0.1, -0.05) is 0 Å². The molecule has 0 fully saturated rings. The van der Waals surface area contributed by atoms with E-state index in [2.05, 4.69) is 55.4 Å². The quantitative estimate of drug-likeness (QED) is 0.513. The molecule has 0 heterocycles. The Morgan fingerprint density at radius 3 is 0.500 bits per heavy atom. The highest BCUT2D eigenvalue weighted by Gasteiger charge is 2.08. The molecule has 0 nitrogen and oxygen atoms in total. The minimum atomic E-state index is 1.24. The molecule has 1 aromatic carbocycles. The van der Waals surface area contributed by atoms with Crippen LogP contribution in [0.25, 0.3) is 0 Å². The molecule has 6 unspecified atom stereocenters. The minimum absolute atomic E-state index is 1.24. The lowest BCUT2D eigenvalue weighted by Gasteiger charge is -2.14. The predicted octanol–water partition coefficient (Wildman–Crippen LogP) is -1.31. The molecule has 0 aliphatic heterocycles. The normalized spacial score (nSPS) is 10.5. The van der Waals surface area contributed by atoms with Gasteiger partial charge in [-0.3, -0.25) is 0 Å². The molecule has 0 amide bonds. The first-order chi connectivity index (χ1) is 5.46. The first-order valence-corrected chi connectivity index (χ1v) is 6.70. The SMILES string of the molecule is Pc1c(P)c(P)c(P)c(P)c1P. The fourth-order valence-corrected chi connectivity index (χ4v) is 3.74. The third-order valence-electron chi connectivity index (χ3n) is 1.74. The third-order valence-corrected chi connectivity index (χ3v) is 7.47. The van der Waals surface area contributed by atoms with E-state index in [0.29, 0.717) is 0 Å². The number of rotatable bonds is 0. The molecule has 66 valence electrons. The second kappa shape index (κ2) is 4.55. The summed E-state index contributed by atoms with van der Waals surface area (Å²) in [6.07, 6.45) is 0. The van der Waals surface area contributed by atoms with Crippen molar-refractivity contribution in [1.82, 2.24) is 0 Å². The molecule has 0 aliphatic rings. The summed E-state index contributed by atoms with van der Waals surface area (Å²) in [4.78, 5) is 0. The van der Waals surface area contributed by atoms with Crippen molar-refractivity contribution in [3.8, 4) is 0 Å². The summed E-state index contributed by atoms with van der Waals surface area (Å²) >= 11 is 0. The fraction of sp³-hybridized carbons (Fsp3) is 0. The van der Waals surface area contributed by atoms with Crippen molar-refractivity contribution in [3.05, 3.63) is 0 Å². The second-order valence-corrected chi connectivity index (χ2v) is 5.95. The highest BCUT2D eigenvalue weighted by atomic mass is 31.0. The molecule has 0 N–H and O–H groups in total. The van der Waals surface area contributed by atoms with Crippen molar-refractivity contribution in [1.29, 1.82) is 0 Å². The van der Waals surface area contributed by atoms with E-state index in [0.717, 1.165) is 0 Å². The van der Waals surface area contributed by atoms with Gasteiger partial charge in [0, 0.05) is 0 Å². The summed E-state index contributed by atoms with van der Waals surface area (Å²) < 4.78 is 0. The van der Waals surface area contributed by atoms with Crippen LogP contribution in [-0.2, 0) is 0 Å². The number of hydrogen-bond acceptors (Lipinski definition) is 0. The van der Waals surface area contributed by atoms with Crippen molar-refractivity contribution in [2.75, 3.05) is 0 Å². The molecule has 0 saturated carbocycles. The highest BCUT2D eigenvalue weighted by Crippen LogP contribution is 1.99. The Hall–Kier alpha value is 1.80. The number of hydrogen-bond donors (Lipinski definition) is 0. The van der Waals surface area contributed by atoms with Crippen LogP contribution in [-0.4, -0.2) is 0 Å². The smallest absolute Gasteiger partial charge is 0.0147 e. The zero-order valence-electron chi connectivity index (χ0n) is 6.46. The lowest BCUT2D eigenvalue weighted by molar-refractivity contribution is 2.20. The summed E-state index contributed by atoms with van der Waals surface area (Å²) in [5.41, 5.74) is 0. The highest BCUT2D eigenvalue weighted by molar-refractivity contribution is 7.48. The molecule has 6 atom stereocenters. The standard InChI is InChI=1S/C6H12P6/c7-1-2(8)4(10)6(12)5(11)3(1)9/h7-12H2. The predicted molar refractivity (Wildman–Crippen MR) is 82.5 cm³/mol. The van der Waals surface area contributed by atoms with E-state index in [1.54, 1.807) is 0 Å². The molecule has 0 aromatic heterocycles. The van der Waals surface area contributed by atoms with Gasteiger partial charge in [0.05, 0.1) is 0 Å². The Morgan fingerprint density at radius 1 is 0.333 bits per heavy atom. The Labute approximate surface area is 87.4 Å². The molecule has 6 heteroatoms. The van der Waals surface area contributed by atoms with Gasteiger partial charge in [-0.05, 0) is 31.8 Å². The van der Waals surface area contributed by atoms with Crippen LogP contribution < -0.4 is 31.8 Å². The maximum absolute atomic E-state index is 2.76. The Kier molecular flexibility index (Phi) is 4.50. The average molecular weight is 270 g/mol. The summed E-state index contributed by atoms with van der Waals surface area (Å²) in [6.45, 7) is 0. The van der Waals surface area contributed by atoms with Crippen LogP contribution in [0.2, 0.25) is 0 Å². The van der Waals surface area contributed by atoms with Gasteiger partial charge in [-0.25, -0.2) is 0 Å². The maximum atomic E-state index is 2.76. The summed E-state index contributed by atoms with van der Waals surface area (Å²) in [6, 6.07) is 0. The van der Waals surface area contributed by atoms with Gasteiger partial charge in [0.25, 0.3) is 0 Å². The molecule has 1 rings (SSSR count). The zero-order chi connectivity index (χ0) is 9.46. The maximum Gasteiger partial charge on any atom is -0.0147 e. The zero-order valence-corrected chi connectivity index (χ0v) is 13.4. The van der Waals surface area contributed by atoms with Crippen LogP contribution in [0.3, 0.4) is 0 Å². The van der Waals surface area contributed by atoms with Gasteiger partial charge in [0.15, 0.2) is 0 Å². The second-order valence-electron chi connectivity index (χ2n) is 2.48. The lowest BCUT2D eigenvalue weighted by Crippen LogP contribution is -2.48. The Balaban J connectivity index is 3.60. The molecular weight excluding hydrogens is 258 g/mol. The van der Waals surface area contributed by atoms with E-state index in [1.807, 2.05) is 0 Å². The number of benzene rings is 1. The van der Waals surface area contributed by atoms with Crippen LogP contribution >= 0.6 is 55.4 Å². The van der Waals surface area contributed by atoms with Crippen LogP contribution in [0, 0.1) is 0 Å². The fourth-order valence-electron chi connectivity index (χ4n) is 0.871. The van der Waals surface area contributed by atoms with Gasteiger partial charge < -0.3 is 0 Å². The molecule has 0 bridgehead atoms. The van der Waals surface area contributed by atoms with Gasteiger partial charge in [-0.2, -0.15) is 0 Å². The van der Waals surface area contributed by atoms with Crippen LogP contribution in [0.1, 0.15) is 0 Å². The molecule has 12 heavy (non-hydrogen) atoms. The van der Waals surface area contributed by atoms with E-state index in [9.17, 15) is 0 Å². The van der Waals surface area contributed by atoms with E-state index < -0.39 is 0 Å². The van der Waals surface area contributed by atoms with Gasteiger partial charge in [0.2, 0.25) is 0 Å². The van der Waals surface area contributed by atoms with Crippen LogP contribution in [0.5, 0.6) is 0 Å². The van der Waals surface area contributed by atoms with E-state index in [-0.39, 0.29) is 0 Å². The van der Waals surface area contributed by atoms with Crippen molar-refractivity contribution in [2.45, 2.75) is 0 Å². The first-order valence-electron chi connectivity index (χ1n) is 3.23. The van der Waals surface area contributed by atoms with Crippen molar-refractivity contribution in [3.63, 3.8) is 0 Å². The summed E-state index contributed by atoms with van der Waals surface area (Å²) in [5.74, 6) is 0. The van der Waals surface area contributed by atoms with Crippen molar-refractivity contribution in [2.24, 2.45) is 0 Å². The van der Waals surface area contributed by atoms with Gasteiger partial charge in [-0.15, -0.1) is 55.4 Å². The summed E-state index contributed by atoms with van der Waals surface area (Å²) in [5, 5.41) is 7.45. The molecular formula is C6H12P6. The van der Waals surface area contributed by atoms with Gasteiger partial charge >= 0.3 is 0 Å². The lowest BCUT2D eigenvalue weighted by atomic mass is 10.3. The molecule has 0 spiro atoms. The van der Waals surface area contributed by atoms with E-state index >= 15 is 0 Å². The van der Waals surface area contributed by atoms with Crippen LogP contribution in [0.15, 0.2) is 0 Å².